The van der Waals surface area contributed by atoms with Crippen LogP contribution < -0.4 is 9.47 Å². The minimum atomic E-state index is 0.229. The van der Waals surface area contributed by atoms with Crippen LogP contribution in [0.5, 0.6) is 17.2 Å². The van der Waals surface area contributed by atoms with Gasteiger partial charge in [0.05, 0.1) is 12.8 Å². The van der Waals surface area contributed by atoms with Crippen molar-refractivity contribution in [1.29, 1.82) is 0 Å². The minimum Gasteiger partial charge on any atom is -0.508 e. The number of pyridine rings is 1. The van der Waals surface area contributed by atoms with E-state index in [1.54, 1.807) is 19.2 Å². The number of ether oxygens (including phenoxy) is 2. The quantitative estimate of drug-likeness (QED) is 0.917. The number of aryl methyl sites for hydroxylation is 1. The van der Waals surface area contributed by atoms with Gasteiger partial charge in [0.2, 0.25) is 0 Å². The third kappa shape index (κ3) is 3.16. The average molecular weight is 259 g/mol. The molecule has 0 aliphatic heterocycles. The second-order valence-electron chi connectivity index (χ2n) is 4.33. The van der Waals surface area contributed by atoms with Crippen LogP contribution in [0.2, 0.25) is 0 Å². The predicted molar refractivity (Wildman–Crippen MR) is 72.7 cm³/mol. The summed E-state index contributed by atoms with van der Waals surface area (Å²) < 4.78 is 10.9. The normalized spacial score (nSPS) is 10.3. The van der Waals surface area contributed by atoms with Crippen molar-refractivity contribution in [1.82, 2.24) is 4.98 Å². The summed E-state index contributed by atoms with van der Waals surface area (Å²) in [7, 11) is 1.62. The summed E-state index contributed by atoms with van der Waals surface area (Å²) >= 11 is 0. The maximum Gasteiger partial charge on any atom is 0.130 e. The molecule has 0 saturated heterocycles. The van der Waals surface area contributed by atoms with Gasteiger partial charge in [0.1, 0.15) is 23.9 Å². The highest BCUT2D eigenvalue weighted by Gasteiger charge is 2.06. The molecule has 0 unspecified atom stereocenters. The van der Waals surface area contributed by atoms with E-state index in [1.807, 2.05) is 32.0 Å². The Hall–Kier alpha value is -2.23. The second-order valence-corrected chi connectivity index (χ2v) is 4.33. The fourth-order valence-corrected chi connectivity index (χ4v) is 1.81. The lowest BCUT2D eigenvalue weighted by Crippen LogP contribution is -2.01. The summed E-state index contributed by atoms with van der Waals surface area (Å²) in [6.07, 6.45) is 0. The molecule has 0 aliphatic carbocycles. The predicted octanol–water partition coefficient (Wildman–Crippen LogP) is 2.99. The number of rotatable bonds is 4. The molecule has 1 aromatic heterocycles. The lowest BCUT2D eigenvalue weighted by atomic mass is 10.2. The Morgan fingerprint density at radius 1 is 1.21 bits per heavy atom. The summed E-state index contributed by atoms with van der Waals surface area (Å²) in [4.78, 5) is 4.38. The van der Waals surface area contributed by atoms with Gasteiger partial charge in [-0.2, -0.15) is 0 Å². The van der Waals surface area contributed by atoms with Crippen molar-refractivity contribution >= 4 is 0 Å². The Labute approximate surface area is 112 Å². The summed E-state index contributed by atoms with van der Waals surface area (Å²) in [5.41, 5.74) is 2.40. The smallest absolute Gasteiger partial charge is 0.130 e. The summed E-state index contributed by atoms with van der Waals surface area (Å²) in [5, 5.41) is 9.61. The minimum absolute atomic E-state index is 0.229. The average Bonchev–Trinajstić information content (AvgIpc) is 2.40. The molecule has 4 nitrogen and oxygen atoms in total. The molecule has 0 aliphatic rings. The van der Waals surface area contributed by atoms with Crippen LogP contribution in [0.1, 0.15) is 17.0 Å². The van der Waals surface area contributed by atoms with Crippen LogP contribution in [-0.4, -0.2) is 17.2 Å². The zero-order valence-electron chi connectivity index (χ0n) is 11.3. The van der Waals surface area contributed by atoms with Crippen LogP contribution in [0.15, 0.2) is 30.3 Å². The third-order valence-electron chi connectivity index (χ3n) is 2.85. The molecule has 1 aromatic carbocycles. The van der Waals surface area contributed by atoms with Crippen LogP contribution in [0.4, 0.5) is 0 Å². The molecule has 0 amide bonds. The number of phenolic OH excluding ortho intramolecular Hbond substituents is 1. The molecule has 0 saturated carbocycles. The van der Waals surface area contributed by atoms with Gasteiger partial charge in [-0.3, -0.25) is 4.98 Å². The Kier molecular flexibility index (Phi) is 3.90. The maximum absolute atomic E-state index is 9.61. The first-order valence-corrected chi connectivity index (χ1v) is 6.03. The second kappa shape index (κ2) is 5.61. The van der Waals surface area contributed by atoms with Gasteiger partial charge in [0.15, 0.2) is 0 Å². The van der Waals surface area contributed by atoms with Gasteiger partial charge in [-0.1, -0.05) is 6.07 Å². The number of benzene rings is 1. The van der Waals surface area contributed by atoms with Gasteiger partial charge in [-0.05, 0) is 26.0 Å². The Balaban J connectivity index is 2.14. The summed E-state index contributed by atoms with van der Waals surface area (Å²) in [5.74, 6) is 1.65. The lowest BCUT2D eigenvalue weighted by Gasteiger charge is -2.11. The Morgan fingerprint density at radius 2 is 2.00 bits per heavy atom. The van der Waals surface area contributed by atoms with Gasteiger partial charge in [0, 0.05) is 23.4 Å². The van der Waals surface area contributed by atoms with Crippen LogP contribution in [0, 0.1) is 13.8 Å². The summed E-state index contributed by atoms with van der Waals surface area (Å²) in [6, 6.07) is 8.91. The molecule has 19 heavy (non-hydrogen) atoms. The van der Waals surface area contributed by atoms with Gasteiger partial charge in [-0.25, -0.2) is 0 Å². The SMILES string of the molecule is COc1cc(C)nc(COc2cccc(O)c2C)c1. The van der Waals surface area contributed by atoms with Crippen molar-refractivity contribution in [3.63, 3.8) is 0 Å². The van der Waals surface area contributed by atoms with Crippen molar-refractivity contribution in [2.45, 2.75) is 20.5 Å². The van der Waals surface area contributed by atoms with E-state index in [1.165, 1.54) is 0 Å². The Bertz CT molecular complexity index is 582. The first kappa shape index (κ1) is 13.2. The fraction of sp³-hybridized carbons (Fsp3) is 0.267. The van der Waals surface area contributed by atoms with E-state index in [0.717, 1.165) is 22.7 Å². The van der Waals surface area contributed by atoms with Crippen LogP contribution in [0.3, 0.4) is 0 Å². The molecule has 0 atom stereocenters. The van der Waals surface area contributed by atoms with Gasteiger partial charge >= 0.3 is 0 Å². The van der Waals surface area contributed by atoms with Gasteiger partial charge in [-0.15, -0.1) is 0 Å². The monoisotopic (exact) mass is 259 g/mol. The fourth-order valence-electron chi connectivity index (χ4n) is 1.81. The van der Waals surface area contributed by atoms with E-state index in [0.29, 0.717) is 12.4 Å². The largest absolute Gasteiger partial charge is 0.508 e. The highest BCUT2D eigenvalue weighted by atomic mass is 16.5. The van der Waals surface area contributed by atoms with E-state index in [-0.39, 0.29) is 5.75 Å². The molecule has 0 radical (unpaired) electrons. The molecule has 1 N–H and O–H groups in total. The van der Waals surface area contributed by atoms with E-state index < -0.39 is 0 Å². The molecular formula is C15H17NO3. The standard InChI is InChI=1S/C15H17NO3/c1-10-7-13(18-3)8-12(16-10)9-19-15-6-4-5-14(17)11(15)2/h4-8,17H,9H2,1-3H3. The maximum atomic E-state index is 9.61. The van der Waals surface area contributed by atoms with Crippen molar-refractivity contribution in [3.05, 3.63) is 47.3 Å². The topological polar surface area (TPSA) is 51.6 Å². The van der Waals surface area contributed by atoms with E-state index in [9.17, 15) is 5.11 Å². The molecule has 2 rings (SSSR count). The lowest BCUT2D eigenvalue weighted by molar-refractivity contribution is 0.295. The zero-order valence-corrected chi connectivity index (χ0v) is 11.3. The highest BCUT2D eigenvalue weighted by Crippen LogP contribution is 2.26. The molecule has 0 spiro atoms. The molecule has 4 heteroatoms. The Morgan fingerprint density at radius 3 is 2.74 bits per heavy atom. The first-order chi connectivity index (χ1) is 9.10. The number of hydrogen-bond donors (Lipinski definition) is 1. The third-order valence-corrected chi connectivity index (χ3v) is 2.85. The van der Waals surface area contributed by atoms with Crippen molar-refractivity contribution in [2.75, 3.05) is 7.11 Å². The number of hydrogen-bond acceptors (Lipinski definition) is 4. The molecule has 100 valence electrons. The zero-order chi connectivity index (χ0) is 13.8. The summed E-state index contributed by atoms with van der Waals surface area (Å²) in [6.45, 7) is 4.06. The van der Waals surface area contributed by atoms with Gasteiger partial charge < -0.3 is 14.6 Å². The van der Waals surface area contributed by atoms with Crippen LogP contribution >= 0.6 is 0 Å². The van der Waals surface area contributed by atoms with E-state index in [2.05, 4.69) is 4.98 Å². The number of aromatic hydroxyl groups is 1. The van der Waals surface area contributed by atoms with Crippen molar-refractivity contribution in [2.24, 2.45) is 0 Å². The van der Waals surface area contributed by atoms with Gasteiger partial charge in [0.25, 0.3) is 0 Å². The first-order valence-electron chi connectivity index (χ1n) is 6.03. The number of aromatic nitrogens is 1. The van der Waals surface area contributed by atoms with E-state index >= 15 is 0 Å². The van der Waals surface area contributed by atoms with Crippen molar-refractivity contribution in [3.8, 4) is 17.2 Å². The van der Waals surface area contributed by atoms with E-state index in [4.69, 9.17) is 9.47 Å². The molecular weight excluding hydrogens is 242 g/mol. The number of phenols is 1. The number of methoxy groups -OCH3 is 1. The molecule has 2 aromatic rings. The van der Waals surface area contributed by atoms with Crippen LogP contribution in [-0.2, 0) is 6.61 Å². The highest BCUT2D eigenvalue weighted by molar-refractivity contribution is 5.42. The van der Waals surface area contributed by atoms with Crippen molar-refractivity contribution < 1.29 is 14.6 Å². The molecule has 0 fully saturated rings. The molecule has 0 bridgehead atoms. The number of nitrogens with zero attached hydrogens (tertiary/aromatic N) is 1. The van der Waals surface area contributed by atoms with Crippen LogP contribution in [0.25, 0.3) is 0 Å². The molecule has 1 heterocycles.